The molecule has 2 aromatic rings. The Morgan fingerprint density at radius 3 is 2.65 bits per heavy atom. The van der Waals surface area contributed by atoms with Crippen molar-refractivity contribution < 1.29 is 14.3 Å². The molecule has 1 amide bonds. The van der Waals surface area contributed by atoms with E-state index in [4.69, 9.17) is 21.1 Å². The third kappa shape index (κ3) is 4.96. The maximum Gasteiger partial charge on any atom is 0.255 e. The number of ether oxygens (including phenoxy) is 2. The van der Waals surface area contributed by atoms with Gasteiger partial charge in [0.15, 0.2) is 0 Å². The number of anilines is 1. The van der Waals surface area contributed by atoms with Gasteiger partial charge in [-0.2, -0.15) is 0 Å². The zero-order valence-corrected chi connectivity index (χ0v) is 15.2. The highest BCUT2D eigenvalue weighted by Crippen LogP contribution is 2.27. The Morgan fingerprint density at radius 1 is 1.22 bits per heavy atom. The third-order valence-corrected chi connectivity index (χ3v) is 4.20. The lowest BCUT2D eigenvalue weighted by Crippen LogP contribution is -2.12. The third-order valence-electron chi connectivity index (χ3n) is 3.17. The Labute approximate surface area is 148 Å². The number of hydrogen-bond acceptors (Lipinski definition) is 3. The van der Waals surface area contributed by atoms with Crippen LogP contribution in [-0.2, 0) is 4.74 Å². The molecule has 0 heterocycles. The van der Waals surface area contributed by atoms with Gasteiger partial charge >= 0.3 is 0 Å². The lowest BCUT2D eigenvalue weighted by Gasteiger charge is -2.10. The van der Waals surface area contributed by atoms with Gasteiger partial charge in [0.1, 0.15) is 12.4 Å². The molecule has 122 valence electrons. The number of halogens is 2. The number of hydrogen-bond donors (Lipinski definition) is 1. The minimum absolute atomic E-state index is 0.214. The maximum absolute atomic E-state index is 12.3. The lowest BCUT2D eigenvalue weighted by atomic mass is 10.2. The summed E-state index contributed by atoms with van der Waals surface area (Å²) in [6, 6.07) is 10.6. The molecule has 0 aromatic heterocycles. The molecule has 0 fully saturated rings. The Balaban J connectivity index is 2.07. The summed E-state index contributed by atoms with van der Waals surface area (Å²) in [5.74, 6) is 0.450. The van der Waals surface area contributed by atoms with Gasteiger partial charge < -0.3 is 14.8 Å². The summed E-state index contributed by atoms with van der Waals surface area (Å²) in [5.41, 5.74) is 2.14. The van der Waals surface area contributed by atoms with Crippen molar-refractivity contribution >= 4 is 39.1 Å². The molecule has 2 aromatic carbocycles. The molecule has 2 rings (SSSR count). The molecule has 0 aliphatic rings. The van der Waals surface area contributed by atoms with Gasteiger partial charge in [0.2, 0.25) is 0 Å². The molecule has 4 nitrogen and oxygen atoms in total. The van der Waals surface area contributed by atoms with Crippen molar-refractivity contribution in [2.24, 2.45) is 0 Å². The Kier molecular flexibility index (Phi) is 6.45. The minimum Gasteiger partial charge on any atom is -0.490 e. The van der Waals surface area contributed by atoms with Crippen molar-refractivity contribution in [3.63, 3.8) is 0 Å². The maximum atomic E-state index is 12.3. The van der Waals surface area contributed by atoms with E-state index in [1.54, 1.807) is 31.4 Å². The van der Waals surface area contributed by atoms with Crippen molar-refractivity contribution in [3.8, 4) is 5.75 Å². The van der Waals surface area contributed by atoms with Gasteiger partial charge in [-0.3, -0.25) is 4.79 Å². The van der Waals surface area contributed by atoms with Crippen LogP contribution in [0.5, 0.6) is 5.75 Å². The van der Waals surface area contributed by atoms with Crippen molar-refractivity contribution in [2.75, 3.05) is 25.6 Å². The number of carbonyl (C=O) groups is 1. The van der Waals surface area contributed by atoms with Crippen LogP contribution in [-0.4, -0.2) is 26.2 Å². The summed E-state index contributed by atoms with van der Waals surface area (Å²) in [4.78, 5) is 12.3. The molecule has 0 aliphatic heterocycles. The second-order valence-electron chi connectivity index (χ2n) is 4.90. The second kappa shape index (κ2) is 8.34. The van der Waals surface area contributed by atoms with Gasteiger partial charge in [-0.05, 0) is 58.7 Å². The Bertz CT molecular complexity index is 706. The number of nitrogens with one attached hydrogen (secondary N) is 1. The molecule has 0 unspecified atom stereocenters. The van der Waals surface area contributed by atoms with Crippen LogP contribution >= 0.6 is 27.5 Å². The first-order valence-electron chi connectivity index (χ1n) is 7.00. The van der Waals surface area contributed by atoms with Gasteiger partial charge in [0.25, 0.3) is 5.91 Å². The molecular weight excluding hydrogens is 382 g/mol. The van der Waals surface area contributed by atoms with E-state index < -0.39 is 0 Å². The molecule has 0 saturated carbocycles. The van der Waals surface area contributed by atoms with E-state index in [-0.39, 0.29) is 5.91 Å². The SMILES string of the molecule is COCCOc1ccc(C(=O)Nc2ccc(C)c(Cl)c2)cc1Br. The fraction of sp³-hybridized carbons (Fsp3) is 0.235. The van der Waals surface area contributed by atoms with E-state index in [1.807, 2.05) is 19.1 Å². The van der Waals surface area contributed by atoms with Gasteiger partial charge in [-0.25, -0.2) is 0 Å². The lowest BCUT2D eigenvalue weighted by molar-refractivity contribution is 0.102. The van der Waals surface area contributed by atoms with E-state index in [9.17, 15) is 4.79 Å². The fourth-order valence-corrected chi connectivity index (χ4v) is 2.54. The molecule has 1 N–H and O–H groups in total. The van der Waals surface area contributed by atoms with Crippen LogP contribution in [0.2, 0.25) is 5.02 Å². The number of benzene rings is 2. The van der Waals surface area contributed by atoms with E-state index >= 15 is 0 Å². The molecule has 0 aliphatic carbocycles. The number of methoxy groups -OCH3 is 1. The first kappa shape index (κ1) is 17.8. The minimum atomic E-state index is -0.214. The van der Waals surface area contributed by atoms with E-state index in [0.717, 1.165) is 5.56 Å². The van der Waals surface area contributed by atoms with Gasteiger partial charge in [-0.15, -0.1) is 0 Å². The predicted molar refractivity (Wildman–Crippen MR) is 95.7 cm³/mol. The second-order valence-corrected chi connectivity index (χ2v) is 6.17. The van der Waals surface area contributed by atoms with Crippen molar-refractivity contribution in [1.82, 2.24) is 0 Å². The summed E-state index contributed by atoms with van der Waals surface area (Å²) in [7, 11) is 1.61. The first-order chi connectivity index (χ1) is 11.0. The predicted octanol–water partition coefficient (Wildman–Crippen LogP) is 4.69. The van der Waals surface area contributed by atoms with Gasteiger partial charge in [0.05, 0.1) is 11.1 Å². The van der Waals surface area contributed by atoms with Crippen LogP contribution in [0.15, 0.2) is 40.9 Å². The van der Waals surface area contributed by atoms with Crippen LogP contribution in [0.1, 0.15) is 15.9 Å². The molecule has 0 atom stereocenters. The number of amides is 1. The smallest absolute Gasteiger partial charge is 0.255 e. The van der Waals surface area contributed by atoms with E-state index in [2.05, 4.69) is 21.2 Å². The summed E-state index contributed by atoms with van der Waals surface area (Å²) >= 11 is 9.47. The van der Waals surface area contributed by atoms with Gasteiger partial charge in [-0.1, -0.05) is 17.7 Å². The molecule has 23 heavy (non-hydrogen) atoms. The standard InChI is InChI=1S/C17H17BrClNO3/c1-11-3-5-13(10-15(11)19)20-17(21)12-4-6-16(14(18)9-12)23-8-7-22-2/h3-6,9-10H,7-8H2,1-2H3,(H,20,21). The van der Waals surface area contributed by atoms with Crippen LogP contribution in [0, 0.1) is 6.92 Å². The van der Waals surface area contributed by atoms with Crippen LogP contribution in [0.4, 0.5) is 5.69 Å². The monoisotopic (exact) mass is 397 g/mol. The fourth-order valence-electron chi connectivity index (χ4n) is 1.87. The highest BCUT2D eigenvalue weighted by molar-refractivity contribution is 9.10. The average Bonchev–Trinajstić information content (AvgIpc) is 2.52. The average molecular weight is 399 g/mol. The largest absolute Gasteiger partial charge is 0.490 e. The molecular formula is C17H17BrClNO3. The molecule has 0 radical (unpaired) electrons. The zero-order valence-electron chi connectivity index (χ0n) is 12.9. The zero-order chi connectivity index (χ0) is 16.8. The molecule has 0 spiro atoms. The Hall–Kier alpha value is -1.56. The van der Waals surface area contributed by atoms with Crippen LogP contribution < -0.4 is 10.1 Å². The topological polar surface area (TPSA) is 47.6 Å². The first-order valence-corrected chi connectivity index (χ1v) is 8.17. The van der Waals surface area contributed by atoms with Crippen molar-refractivity contribution in [2.45, 2.75) is 6.92 Å². The molecule has 6 heteroatoms. The summed E-state index contributed by atoms with van der Waals surface area (Å²) in [5, 5.41) is 3.44. The number of aryl methyl sites for hydroxylation is 1. The van der Waals surface area contributed by atoms with Crippen LogP contribution in [0.3, 0.4) is 0 Å². The highest BCUT2D eigenvalue weighted by Gasteiger charge is 2.10. The normalized spacial score (nSPS) is 10.4. The molecule has 0 bridgehead atoms. The quantitative estimate of drug-likeness (QED) is 0.718. The molecule has 0 saturated heterocycles. The number of carbonyl (C=O) groups excluding carboxylic acids is 1. The van der Waals surface area contributed by atoms with E-state index in [0.29, 0.717) is 39.7 Å². The van der Waals surface area contributed by atoms with Crippen molar-refractivity contribution in [1.29, 1.82) is 0 Å². The van der Waals surface area contributed by atoms with Gasteiger partial charge in [0, 0.05) is 23.4 Å². The highest BCUT2D eigenvalue weighted by atomic mass is 79.9. The van der Waals surface area contributed by atoms with Crippen molar-refractivity contribution in [3.05, 3.63) is 57.0 Å². The summed E-state index contributed by atoms with van der Waals surface area (Å²) in [6.45, 7) is 2.86. The summed E-state index contributed by atoms with van der Waals surface area (Å²) < 4.78 is 11.2. The summed E-state index contributed by atoms with van der Waals surface area (Å²) in [6.07, 6.45) is 0. The Morgan fingerprint density at radius 2 is 2.00 bits per heavy atom. The van der Waals surface area contributed by atoms with E-state index in [1.165, 1.54) is 0 Å². The van der Waals surface area contributed by atoms with Crippen LogP contribution in [0.25, 0.3) is 0 Å². The number of rotatable bonds is 6.